The zero-order valence-electron chi connectivity index (χ0n) is 10.3. The first-order chi connectivity index (χ1) is 9.28. The molecule has 2 nitrogen and oxygen atoms in total. The van der Waals surface area contributed by atoms with Gasteiger partial charge in [-0.3, -0.25) is 0 Å². The van der Waals surface area contributed by atoms with Gasteiger partial charge in [-0.1, -0.05) is 42.1 Å². The van der Waals surface area contributed by atoms with Gasteiger partial charge in [0.25, 0.3) is 0 Å². The summed E-state index contributed by atoms with van der Waals surface area (Å²) in [6.07, 6.45) is 4.47. The molecule has 3 heteroatoms. The van der Waals surface area contributed by atoms with Crippen LogP contribution in [-0.2, 0) is 11.4 Å². The van der Waals surface area contributed by atoms with Gasteiger partial charge >= 0.3 is 0 Å². The van der Waals surface area contributed by atoms with Gasteiger partial charge in [-0.25, -0.2) is 4.39 Å². The zero-order valence-corrected chi connectivity index (χ0v) is 10.3. The smallest absolute Gasteiger partial charge is 0.142 e. The summed E-state index contributed by atoms with van der Waals surface area (Å²) < 4.78 is 12.7. The Kier molecular flexibility index (Phi) is 4.45. The molecule has 0 atom stereocenters. The summed E-state index contributed by atoms with van der Waals surface area (Å²) in [5.41, 5.74) is 2.74. The van der Waals surface area contributed by atoms with E-state index in [-0.39, 0.29) is 5.82 Å². The molecule has 0 unspecified atom stereocenters. The minimum absolute atomic E-state index is 0.284. The fourth-order valence-electron chi connectivity index (χ4n) is 1.47. The summed E-state index contributed by atoms with van der Waals surface area (Å²) in [5, 5.41) is 3.72. The van der Waals surface area contributed by atoms with Crippen LogP contribution in [0.5, 0.6) is 0 Å². The number of nitrogens with zero attached hydrogens (tertiary/aromatic N) is 1. The highest BCUT2D eigenvalue weighted by Crippen LogP contribution is 2.07. The highest BCUT2D eigenvalue weighted by atomic mass is 19.1. The Morgan fingerprint density at radius 2 is 1.79 bits per heavy atom. The Balaban J connectivity index is 1.85. The van der Waals surface area contributed by atoms with Crippen LogP contribution in [0, 0.1) is 5.82 Å². The van der Waals surface area contributed by atoms with E-state index in [1.54, 1.807) is 18.2 Å². The van der Waals surface area contributed by atoms with Gasteiger partial charge in [0.05, 0.1) is 0 Å². The van der Waals surface area contributed by atoms with Crippen molar-refractivity contribution in [2.24, 2.45) is 5.16 Å². The van der Waals surface area contributed by atoms with E-state index in [0.717, 1.165) is 11.1 Å². The molecule has 95 valence electrons. The zero-order chi connectivity index (χ0) is 13.5. The number of rotatable bonds is 5. The minimum Gasteiger partial charge on any atom is -0.390 e. The van der Waals surface area contributed by atoms with E-state index >= 15 is 0 Å². The summed E-state index contributed by atoms with van der Waals surface area (Å²) in [7, 11) is 0. The molecule has 2 aromatic rings. The quantitative estimate of drug-likeness (QED) is 0.586. The third-order valence-electron chi connectivity index (χ3n) is 2.53. The van der Waals surface area contributed by atoms with Crippen molar-refractivity contribution in [1.29, 1.82) is 0 Å². The van der Waals surface area contributed by atoms with Crippen LogP contribution in [0.15, 0.2) is 60.3 Å². The van der Waals surface area contributed by atoms with Crippen LogP contribution in [0.2, 0.25) is 0 Å². The van der Waals surface area contributed by atoms with E-state index in [2.05, 4.69) is 17.9 Å². The second-order valence-electron chi connectivity index (χ2n) is 3.93. The summed E-state index contributed by atoms with van der Waals surface area (Å²) in [5.74, 6) is -0.284. The van der Waals surface area contributed by atoms with E-state index in [4.69, 9.17) is 4.84 Å². The van der Waals surface area contributed by atoms with Crippen molar-refractivity contribution < 1.29 is 9.23 Å². The fourth-order valence-corrected chi connectivity index (χ4v) is 1.47. The normalized spacial score (nSPS) is 10.6. The van der Waals surface area contributed by atoms with E-state index < -0.39 is 0 Å². The van der Waals surface area contributed by atoms with Gasteiger partial charge in [-0.2, -0.15) is 0 Å². The van der Waals surface area contributed by atoms with Crippen molar-refractivity contribution in [2.45, 2.75) is 6.61 Å². The fraction of sp³-hybridized carbons (Fsp3) is 0.0625. The summed E-state index contributed by atoms with van der Waals surface area (Å²) in [6, 6.07) is 13.7. The maximum Gasteiger partial charge on any atom is 0.142 e. The molecular weight excluding hydrogens is 241 g/mol. The van der Waals surface area contributed by atoms with Crippen molar-refractivity contribution in [1.82, 2.24) is 0 Å². The Bertz CT molecular complexity index is 558. The lowest BCUT2D eigenvalue weighted by atomic mass is 10.1. The highest BCUT2D eigenvalue weighted by molar-refractivity contribution is 5.78. The maximum absolute atomic E-state index is 12.7. The van der Waals surface area contributed by atoms with E-state index in [1.165, 1.54) is 12.1 Å². The van der Waals surface area contributed by atoms with Crippen molar-refractivity contribution in [3.05, 3.63) is 77.6 Å². The van der Waals surface area contributed by atoms with Crippen LogP contribution >= 0.6 is 0 Å². The first kappa shape index (κ1) is 13.0. The van der Waals surface area contributed by atoms with Crippen LogP contribution in [-0.4, -0.2) is 6.21 Å². The van der Waals surface area contributed by atoms with Crippen molar-refractivity contribution in [2.75, 3.05) is 0 Å². The molecule has 0 heterocycles. The molecule has 0 bridgehead atoms. The van der Waals surface area contributed by atoms with Crippen LogP contribution in [0.3, 0.4) is 0 Å². The number of benzene rings is 2. The molecular formula is C16H13FNO. The first-order valence-electron chi connectivity index (χ1n) is 5.83. The lowest BCUT2D eigenvalue weighted by molar-refractivity contribution is 0.132. The molecule has 1 radical (unpaired) electrons. The topological polar surface area (TPSA) is 21.6 Å². The molecule has 0 fully saturated rings. The van der Waals surface area contributed by atoms with Gasteiger partial charge < -0.3 is 4.84 Å². The summed E-state index contributed by atoms with van der Waals surface area (Å²) in [4.78, 5) is 5.12. The molecule has 2 aromatic carbocycles. The lowest BCUT2D eigenvalue weighted by Crippen LogP contribution is -1.88. The predicted octanol–water partition coefficient (Wildman–Crippen LogP) is 3.90. The molecule has 2 rings (SSSR count). The first-order valence-corrected chi connectivity index (χ1v) is 5.83. The minimum atomic E-state index is -0.284. The molecule has 19 heavy (non-hydrogen) atoms. The molecule has 0 amide bonds. The highest BCUT2D eigenvalue weighted by Gasteiger charge is 1.93. The van der Waals surface area contributed by atoms with Gasteiger partial charge in [0.2, 0.25) is 0 Å². The molecule has 0 spiro atoms. The molecule has 0 N–H and O–H groups in total. The maximum atomic E-state index is 12.7. The van der Waals surface area contributed by atoms with Crippen LogP contribution in [0.4, 0.5) is 4.39 Å². The van der Waals surface area contributed by atoms with E-state index in [1.807, 2.05) is 24.3 Å². The third-order valence-corrected chi connectivity index (χ3v) is 2.53. The monoisotopic (exact) mass is 254 g/mol. The Hall–Kier alpha value is -2.42. The average Bonchev–Trinajstić information content (AvgIpc) is 2.46. The van der Waals surface area contributed by atoms with Gasteiger partial charge in [-0.15, -0.1) is 0 Å². The number of halogens is 1. The molecule has 0 aliphatic rings. The van der Waals surface area contributed by atoms with E-state index in [0.29, 0.717) is 12.2 Å². The second-order valence-corrected chi connectivity index (χ2v) is 3.93. The molecule has 0 aromatic heterocycles. The molecule has 0 saturated carbocycles. The van der Waals surface area contributed by atoms with Crippen LogP contribution in [0.1, 0.15) is 16.7 Å². The SMILES string of the molecule is C=Cc1ccc(CO/N=[C]\c2ccc(F)cc2)cc1. The molecule has 0 saturated heterocycles. The Morgan fingerprint density at radius 1 is 1.11 bits per heavy atom. The second kappa shape index (κ2) is 6.50. The molecule has 0 aliphatic heterocycles. The van der Waals surface area contributed by atoms with Crippen LogP contribution in [0.25, 0.3) is 6.08 Å². The average molecular weight is 254 g/mol. The van der Waals surface area contributed by atoms with Gasteiger partial charge in [0, 0.05) is 5.56 Å². The number of hydrogen-bond acceptors (Lipinski definition) is 2. The van der Waals surface area contributed by atoms with E-state index in [9.17, 15) is 4.39 Å². The third kappa shape index (κ3) is 4.07. The van der Waals surface area contributed by atoms with Crippen molar-refractivity contribution in [3.8, 4) is 0 Å². The lowest BCUT2D eigenvalue weighted by Gasteiger charge is -2.00. The molecule has 0 aliphatic carbocycles. The van der Waals surface area contributed by atoms with Crippen molar-refractivity contribution in [3.63, 3.8) is 0 Å². The summed E-state index contributed by atoms with van der Waals surface area (Å²) in [6.45, 7) is 4.06. The number of hydrogen-bond donors (Lipinski definition) is 0. The predicted molar refractivity (Wildman–Crippen MR) is 74.3 cm³/mol. The largest absolute Gasteiger partial charge is 0.390 e. The standard InChI is InChI=1S/C16H13FNO/c1-2-13-3-5-15(6-4-13)12-19-18-11-14-7-9-16(17)10-8-14/h2-10H,1,12H2. The van der Waals surface area contributed by atoms with Crippen molar-refractivity contribution >= 4 is 12.3 Å². The Labute approximate surface area is 111 Å². The van der Waals surface area contributed by atoms with Gasteiger partial charge in [0.15, 0.2) is 0 Å². The summed E-state index contributed by atoms with van der Waals surface area (Å²) >= 11 is 0. The van der Waals surface area contributed by atoms with Gasteiger partial charge in [0.1, 0.15) is 18.6 Å². The van der Waals surface area contributed by atoms with Gasteiger partial charge in [-0.05, 0) is 35.4 Å². The van der Waals surface area contributed by atoms with Crippen LogP contribution < -0.4 is 0 Å². The Morgan fingerprint density at radius 3 is 2.42 bits per heavy atom.